The molecule has 6 heavy (non-hydrogen) atoms. The second kappa shape index (κ2) is 6.22. The summed E-state index contributed by atoms with van der Waals surface area (Å²) < 4.78 is 0. The molecule has 40 valence electrons. The van der Waals surface area contributed by atoms with Crippen molar-refractivity contribution in [3.05, 3.63) is 0 Å². The van der Waals surface area contributed by atoms with Crippen LogP contribution in [0.4, 0.5) is 0 Å². The van der Waals surface area contributed by atoms with Crippen LogP contribution in [-0.4, -0.2) is 29.8 Å². The van der Waals surface area contributed by atoms with Gasteiger partial charge in [0.1, 0.15) is 0 Å². The van der Waals surface area contributed by atoms with E-state index < -0.39 is 0 Å². The monoisotopic (exact) mass is 222 g/mol. The van der Waals surface area contributed by atoms with Crippen LogP contribution in [0.25, 0.3) is 0 Å². The zero-order valence-corrected chi connectivity index (χ0v) is 8.37. The molecule has 0 fully saturated rings. The second-order valence-electron chi connectivity index (χ2n) is 1.63. The zero-order chi connectivity index (χ0) is 4.28. The van der Waals surface area contributed by atoms with E-state index in [1.807, 2.05) is 0 Å². The SMILES string of the molecule is CC(C)CP.[TeH2]. The van der Waals surface area contributed by atoms with Crippen molar-refractivity contribution in [2.24, 2.45) is 5.92 Å². The van der Waals surface area contributed by atoms with Gasteiger partial charge in [0.05, 0.1) is 0 Å². The molecular weight excluding hydrogens is 207 g/mol. The first-order valence-electron chi connectivity index (χ1n) is 1.97. The molecule has 0 spiro atoms. The molecule has 2 heteroatoms. The quantitative estimate of drug-likeness (QED) is 0.448. The maximum absolute atomic E-state index is 2.69. The minimum absolute atomic E-state index is 0. The molecule has 0 aliphatic carbocycles. The molecule has 0 N–H and O–H groups in total. The Kier molecular flexibility index (Phi) is 10.6. The Morgan fingerprint density at radius 1 is 1.50 bits per heavy atom. The van der Waals surface area contributed by atoms with Gasteiger partial charge in [0.15, 0.2) is 0 Å². The predicted molar refractivity (Wildman–Crippen MR) is 38.0 cm³/mol. The molecule has 0 radical (unpaired) electrons. The molecule has 0 aromatic rings. The summed E-state index contributed by atoms with van der Waals surface area (Å²) in [5.41, 5.74) is 0. The van der Waals surface area contributed by atoms with Gasteiger partial charge in [0.25, 0.3) is 0 Å². The van der Waals surface area contributed by atoms with E-state index in [2.05, 4.69) is 23.1 Å². The summed E-state index contributed by atoms with van der Waals surface area (Å²) >= 11 is 0. The van der Waals surface area contributed by atoms with Crippen molar-refractivity contribution in [3.63, 3.8) is 0 Å². The standard InChI is InChI=1S/C4H11P.H2Te/c1-4(2)3-5;/h4H,3,5H2,1-2H3;1H2. The normalized spacial score (nSPS) is 8.00. The van der Waals surface area contributed by atoms with Crippen LogP contribution < -0.4 is 0 Å². The molecule has 0 aromatic heterocycles. The number of hydrogen-bond donors (Lipinski definition) is 0. The van der Waals surface area contributed by atoms with Gasteiger partial charge in [-0.1, -0.05) is 13.8 Å². The van der Waals surface area contributed by atoms with Gasteiger partial charge in [0.2, 0.25) is 0 Å². The van der Waals surface area contributed by atoms with Crippen LogP contribution in [0.2, 0.25) is 0 Å². The topological polar surface area (TPSA) is 0 Å². The van der Waals surface area contributed by atoms with Crippen LogP contribution in [-0.2, 0) is 0 Å². The second-order valence-corrected chi connectivity index (χ2v) is 2.10. The van der Waals surface area contributed by atoms with Gasteiger partial charge >= 0.3 is 23.7 Å². The fourth-order valence-electron chi connectivity index (χ4n) is 0. The first-order valence-corrected chi connectivity index (χ1v) is 2.79. The summed E-state index contributed by atoms with van der Waals surface area (Å²) in [5, 5.41) is 0. The van der Waals surface area contributed by atoms with E-state index >= 15 is 0 Å². The van der Waals surface area contributed by atoms with Gasteiger partial charge < -0.3 is 0 Å². The van der Waals surface area contributed by atoms with Crippen molar-refractivity contribution in [2.75, 3.05) is 6.16 Å². The first-order chi connectivity index (χ1) is 2.27. The van der Waals surface area contributed by atoms with E-state index in [1.54, 1.807) is 0 Å². The van der Waals surface area contributed by atoms with E-state index in [1.165, 1.54) is 6.16 Å². The Morgan fingerprint density at radius 3 is 1.67 bits per heavy atom. The summed E-state index contributed by atoms with van der Waals surface area (Å²) in [7, 11) is 2.69. The number of rotatable bonds is 1. The van der Waals surface area contributed by atoms with E-state index in [-0.39, 0.29) is 23.7 Å². The van der Waals surface area contributed by atoms with Gasteiger partial charge in [0, 0.05) is 0 Å². The van der Waals surface area contributed by atoms with Crippen molar-refractivity contribution in [1.29, 1.82) is 0 Å². The molecule has 0 amide bonds. The van der Waals surface area contributed by atoms with Crippen molar-refractivity contribution in [2.45, 2.75) is 13.8 Å². The summed E-state index contributed by atoms with van der Waals surface area (Å²) in [6.07, 6.45) is 1.22. The summed E-state index contributed by atoms with van der Waals surface area (Å²) in [6.45, 7) is 4.40. The molecule has 0 saturated carbocycles. The minimum atomic E-state index is 0. The van der Waals surface area contributed by atoms with Gasteiger partial charge in [-0.15, -0.1) is 9.24 Å². The molecule has 0 saturated heterocycles. The molecule has 0 bridgehead atoms. The van der Waals surface area contributed by atoms with Gasteiger partial charge in [-0.3, -0.25) is 0 Å². The van der Waals surface area contributed by atoms with Gasteiger partial charge in [-0.05, 0) is 12.1 Å². The van der Waals surface area contributed by atoms with Crippen molar-refractivity contribution in [1.82, 2.24) is 0 Å². The Morgan fingerprint density at radius 2 is 1.67 bits per heavy atom. The number of hydrogen-bond acceptors (Lipinski definition) is 0. The third-order valence-electron chi connectivity index (χ3n) is 0.471. The molecule has 0 rings (SSSR count). The first kappa shape index (κ1) is 10.3. The van der Waals surface area contributed by atoms with Crippen LogP contribution in [0.5, 0.6) is 0 Å². The Labute approximate surface area is 59.0 Å². The molecule has 1 unspecified atom stereocenters. The maximum atomic E-state index is 2.69. The van der Waals surface area contributed by atoms with Crippen LogP contribution in [0.15, 0.2) is 0 Å². The Balaban J connectivity index is 0. The van der Waals surface area contributed by atoms with Gasteiger partial charge in [-0.25, -0.2) is 0 Å². The van der Waals surface area contributed by atoms with Crippen molar-refractivity contribution in [3.8, 4) is 0 Å². The van der Waals surface area contributed by atoms with Crippen LogP contribution in [0.1, 0.15) is 13.8 Å². The average molecular weight is 220 g/mol. The van der Waals surface area contributed by atoms with E-state index in [4.69, 9.17) is 0 Å². The fraction of sp³-hybridized carbons (Fsp3) is 1.00. The third kappa shape index (κ3) is 8.97. The fourth-order valence-corrected chi connectivity index (χ4v) is 0. The van der Waals surface area contributed by atoms with E-state index in [0.29, 0.717) is 0 Å². The van der Waals surface area contributed by atoms with E-state index in [0.717, 1.165) is 5.92 Å². The molecule has 0 heterocycles. The summed E-state index contributed by atoms with van der Waals surface area (Å²) in [4.78, 5) is 0. The molecule has 1 atom stereocenters. The Hall–Kier alpha value is 1.22. The molecular formula is C4H13PTe. The molecule has 0 aliphatic heterocycles. The van der Waals surface area contributed by atoms with E-state index in [9.17, 15) is 0 Å². The third-order valence-corrected chi connectivity index (χ3v) is 1.41. The predicted octanol–water partition coefficient (Wildman–Crippen LogP) is 0.601. The summed E-state index contributed by atoms with van der Waals surface area (Å²) in [5.74, 6) is 0.847. The van der Waals surface area contributed by atoms with Crippen LogP contribution in [0, 0.1) is 5.92 Å². The van der Waals surface area contributed by atoms with Crippen LogP contribution >= 0.6 is 9.24 Å². The summed E-state index contributed by atoms with van der Waals surface area (Å²) in [6, 6.07) is 0. The van der Waals surface area contributed by atoms with Gasteiger partial charge in [-0.2, -0.15) is 0 Å². The molecule has 0 nitrogen and oxygen atoms in total. The molecule has 0 aliphatic rings. The van der Waals surface area contributed by atoms with Crippen molar-refractivity contribution >= 4 is 32.9 Å². The van der Waals surface area contributed by atoms with Crippen LogP contribution in [0.3, 0.4) is 0 Å². The Bertz CT molecular complexity index is 21.5. The zero-order valence-electron chi connectivity index (χ0n) is 4.36. The molecule has 0 aromatic carbocycles. The average Bonchev–Trinajstić information content (AvgIpc) is 1.38. The van der Waals surface area contributed by atoms with Crippen molar-refractivity contribution < 1.29 is 0 Å².